The molecule has 0 aliphatic carbocycles. The molecule has 220 valence electrons. The molecule has 3 rings (SSSR count). The molecular weight excluding hydrogens is 527 g/mol. The second-order valence-corrected chi connectivity index (χ2v) is 13.4. The van der Waals surface area contributed by atoms with Gasteiger partial charge in [0.05, 0.1) is 25.4 Å². The van der Waals surface area contributed by atoms with Crippen LogP contribution in [0.1, 0.15) is 78.0 Å². The summed E-state index contributed by atoms with van der Waals surface area (Å²) in [5.41, 5.74) is 1.43. The maximum atomic E-state index is 14.1. The zero-order chi connectivity index (χ0) is 29.3. The zero-order valence-corrected chi connectivity index (χ0v) is 25.6. The van der Waals surface area contributed by atoms with Crippen LogP contribution in [-0.2, 0) is 29.8 Å². The van der Waals surface area contributed by atoms with Gasteiger partial charge < -0.3 is 18.7 Å². The van der Waals surface area contributed by atoms with Crippen LogP contribution < -0.4 is 0 Å². The van der Waals surface area contributed by atoms with Crippen LogP contribution in [-0.4, -0.2) is 53.4 Å². The summed E-state index contributed by atoms with van der Waals surface area (Å²) in [4.78, 5) is 31.4. The van der Waals surface area contributed by atoms with Crippen molar-refractivity contribution >= 4 is 19.6 Å². The minimum absolute atomic E-state index is 0.106. The first kappa shape index (κ1) is 31.9. The van der Waals surface area contributed by atoms with Gasteiger partial charge in [0, 0.05) is 5.41 Å². The molecule has 0 N–H and O–H groups in total. The summed E-state index contributed by atoms with van der Waals surface area (Å²) >= 11 is 0. The summed E-state index contributed by atoms with van der Waals surface area (Å²) in [6, 6.07) is 18.4. The molecule has 40 heavy (non-hydrogen) atoms. The van der Waals surface area contributed by atoms with Crippen LogP contribution in [0, 0.1) is 5.41 Å². The lowest BCUT2D eigenvalue weighted by molar-refractivity contribution is -0.133. The predicted octanol–water partition coefficient (Wildman–Crippen LogP) is 7.41. The van der Waals surface area contributed by atoms with E-state index in [1.807, 2.05) is 93.3 Å². The van der Waals surface area contributed by atoms with Crippen LogP contribution in [0.15, 0.2) is 60.7 Å². The third-order valence-electron chi connectivity index (χ3n) is 7.10. The number of benzene rings is 2. The van der Waals surface area contributed by atoms with Gasteiger partial charge in [0.25, 0.3) is 0 Å². The average Bonchev–Trinajstić information content (AvgIpc) is 3.23. The first-order valence-electron chi connectivity index (χ1n) is 14.3. The molecule has 8 nitrogen and oxygen atoms in total. The third kappa shape index (κ3) is 7.96. The van der Waals surface area contributed by atoms with E-state index in [4.69, 9.17) is 13.8 Å². The van der Waals surface area contributed by atoms with E-state index in [9.17, 15) is 14.2 Å². The Morgan fingerprint density at radius 1 is 0.950 bits per heavy atom. The van der Waals surface area contributed by atoms with Crippen LogP contribution in [0.4, 0.5) is 4.79 Å². The van der Waals surface area contributed by atoms with Crippen molar-refractivity contribution < 1.29 is 27.9 Å². The monoisotopic (exact) mass is 572 g/mol. The molecule has 0 unspecified atom stereocenters. The molecule has 3 atom stereocenters. The van der Waals surface area contributed by atoms with Crippen LogP contribution in [0.2, 0.25) is 0 Å². The fraction of sp³-hybridized carbons (Fsp3) is 0.548. The van der Waals surface area contributed by atoms with Crippen molar-refractivity contribution in [3.63, 3.8) is 0 Å². The normalized spacial score (nSPS) is 18.7. The number of rotatable bonds is 13. The minimum atomic E-state index is -3.18. The lowest BCUT2D eigenvalue weighted by atomic mass is 9.89. The molecule has 1 fully saturated rings. The number of carbonyl (C=O) groups excluding carboxylic acids is 2. The van der Waals surface area contributed by atoms with Gasteiger partial charge in [0.2, 0.25) is 5.91 Å². The van der Waals surface area contributed by atoms with Gasteiger partial charge in [-0.2, -0.15) is 0 Å². The Kier molecular flexibility index (Phi) is 11.4. The van der Waals surface area contributed by atoms with Crippen LogP contribution in [0.5, 0.6) is 0 Å². The van der Waals surface area contributed by atoms with E-state index in [0.29, 0.717) is 32.5 Å². The Morgan fingerprint density at radius 2 is 1.52 bits per heavy atom. The van der Waals surface area contributed by atoms with Crippen molar-refractivity contribution in [2.75, 3.05) is 19.4 Å². The van der Waals surface area contributed by atoms with Gasteiger partial charge in [-0.05, 0) is 44.7 Å². The lowest BCUT2D eigenvalue weighted by Gasteiger charge is -2.42. The largest absolute Gasteiger partial charge is 0.444 e. The number of hydrogen-bond acceptors (Lipinski definition) is 6. The van der Waals surface area contributed by atoms with E-state index in [0.717, 1.165) is 11.1 Å². The molecule has 0 aromatic heterocycles. The Morgan fingerprint density at radius 3 is 2.08 bits per heavy atom. The van der Waals surface area contributed by atoms with Gasteiger partial charge >= 0.3 is 13.7 Å². The molecule has 1 heterocycles. The Hall–Kier alpha value is -2.67. The van der Waals surface area contributed by atoms with E-state index in [2.05, 4.69) is 0 Å². The molecule has 1 aliphatic rings. The smallest absolute Gasteiger partial charge is 0.412 e. The van der Waals surface area contributed by atoms with Crippen LogP contribution in [0.3, 0.4) is 0 Å². The van der Waals surface area contributed by atoms with Crippen LogP contribution >= 0.6 is 7.60 Å². The predicted molar refractivity (Wildman–Crippen MR) is 157 cm³/mol. The molecule has 1 aliphatic heterocycles. The Bertz CT molecular complexity index is 1130. The second-order valence-electron chi connectivity index (χ2n) is 11.2. The van der Waals surface area contributed by atoms with Gasteiger partial charge in [0.15, 0.2) is 0 Å². The average molecular weight is 573 g/mol. The third-order valence-corrected chi connectivity index (χ3v) is 9.27. The summed E-state index contributed by atoms with van der Waals surface area (Å²) in [5.74, 6) is -0.106. The molecule has 0 bridgehead atoms. The molecule has 1 saturated heterocycles. The van der Waals surface area contributed by atoms with E-state index in [-0.39, 0.29) is 24.7 Å². The van der Waals surface area contributed by atoms with Crippen molar-refractivity contribution in [2.45, 2.75) is 85.7 Å². The number of unbranched alkanes of at least 4 members (excludes halogenated alkanes) is 1. The molecule has 9 heteroatoms. The molecule has 2 aromatic carbocycles. The first-order chi connectivity index (χ1) is 19.0. The Labute approximate surface area is 239 Å². The van der Waals surface area contributed by atoms with Crippen molar-refractivity contribution in [3.05, 3.63) is 71.8 Å². The van der Waals surface area contributed by atoms with Crippen molar-refractivity contribution in [2.24, 2.45) is 5.41 Å². The highest BCUT2D eigenvalue weighted by molar-refractivity contribution is 7.53. The summed E-state index contributed by atoms with van der Waals surface area (Å²) in [6.07, 6.45) is 0.777. The van der Waals surface area contributed by atoms with Crippen molar-refractivity contribution in [1.82, 2.24) is 9.80 Å². The minimum Gasteiger partial charge on any atom is -0.444 e. The molecule has 2 amide bonds. The molecule has 0 radical (unpaired) electrons. The van der Waals surface area contributed by atoms with E-state index in [1.54, 1.807) is 18.7 Å². The van der Waals surface area contributed by atoms with E-state index < -0.39 is 31.3 Å². The molecular formula is C31H45N2O6P. The van der Waals surface area contributed by atoms with Gasteiger partial charge in [-0.15, -0.1) is 0 Å². The maximum Gasteiger partial charge on any atom is 0.412 e. The van der Waals surface area contributed by atoms with E-state index in [1.165, 1.54) is 0 Å². The summed E-state index contributed by atoms with van der Waals surface area (Å²) in [7, 11) is -3.18. The topological polar surface area (TPSA) is 85.4 Å². The standard InChI is InChI=1S/C31H45N2O6P/c1-7-38-40(36,39-8-2)22-16-15-21-27-28(34)32(24(3)26-19-13-10-14-20-26)29(31(4,5)6)33(27)30(35)37-23-25-17-11-9-12-18-25/h9-14,17-20,24,27,29H,7-8,15-16,21-23H2,1-6H3/t24-,27-,29-/m0/s1. The maximum absolute atomic E-state index is 14.1. The number of amides is 2. The highest BCUT2D eigenvalue weighted by Gasteiger charge is 2.54. The second kappa shape index (κ2) is 14.3. The quantitative estimate of drug-likeness (QED) is 0.184. The SMILES string of the molecule is CCOP(=O)(CCCC[C@H]1C(=O)N([C@@H](C)c2ccccc2)[C@H](C(C)(C)C)N1C(=O)OCc1ccccc1)OCC. The van der Waals surface area contributed by atoms with Crippen molar-refractivity contribution in [1.29, 1.82) is 0 Å². The Balaban J connectivity index is 1.87. The highest BCUT2D eigenvalue weighted by atomic mass is 31.2. The number of carbonyl (C=O) groups is 2. The highest BCUT2D eigenvalue weighted by Crippen LogP contribution is 2.49. The molecule has 0 spiro atoms. The molecule has 0 saturated carbocycles. The van der Waals surface area contributed by atoms with Gasteiger partial charge in [-0.3, -0.25) is 14.3 Å². The van der Waals surface area contributed by atoms with E-state index >= 15 is 0 Å². The number of nitrogens with zero attached hydrogens (tertiary/aromatic N) is 2. The lowest BCUT2D eigenvalue weighted by Crippen LogP contribution is -2.52. The fourth-order valence-corrected chi connectivity index (χ4v) is 7.06. The fourth-order valence-electron chi connectivity index (χ4n) is 5.33. The zero-order valence-electron chi connectivity index (χ0n) is 24.7. The van der Waals surface area contributed by atoms with Crippen LogP contribution in [0.25, 0.3) is 0 Å². The number of hydrogen-bond donors (Lipinski definition) is 0. The first-order valence-corrected chi connectivity index (χ1v) is 16.0. The molecule has 2 aromatic rings. The summed E-state index contributed by atoms with van der Waals surface area (Å²) in [5, 5.41) is 0. The van der Waals surface area contributed by atoms with Gasteiger partial charge in [0.1, 0.15) is 18.8 Å². The van der Waals surface area contributed by atoms with Gasteiger partial charge in [-0.1, -0.05) is 87.9 Å². The number of ether oxygens (including phenoxy) is 1. The van der Waals surface area contributed by atoms with Gasteiger partial charge in [-0.25, -0.2) is 4.79 Å². The van der Waals surface area contributed by atoms with Crippen molar-refractivity contribution in [3.8, 4) is 0 Å². The summed E-state index contributed by atoms with van der Waals surface area (Å²) in [6.45, 7) is 12.4. The summed E-state index contributed by atoms with van der Waals surface area (Å²) < 4.78 is 29.6.